The molecule has 0 aliphatic carbocycles. The SMILES string of the molecule is C=CCNC(=O)c1ccccc1SCc1cn2ccccc2n1. The second-order valence-electron chi connectivity index (χ2n) is 4.98. The number of carbonyl (C=O) groups is 1. The lowest BCUT2D eigenvalue weighted by Crippen LogP contribution is -2.23. The van der Waals surface area contributed by atoms with Crippen LogP contribution in [0.3, 0.4) is 0 Å². The molecule has 4 nitrogen and oxygen atoms in total. The fourth-order valence-corrected chi connectivity index (χ4v) is 3.18. The highest BCUT2D eigenvalue weighted by Crippen LogP contribution is 2.26. The van der Waals surface area contributed by atoms with Gasteiger partial charge in [0.1, 0.15) is 5.65 Å². The van der Waals surface area contributed by atoms with Crippen molar-refractivity contribution in [1.29, 1.82) is 0 Å². The maximum Gasteiger partial charge on any atom is 0.252 e. The van der Waals surface area contributed by atoms with Gasteiger partial charge in [0.2, 0.25) is 0 Å². The summed E-state index contributed by atoms with van der Waals surface area (Å²) in [5.74, 6) is 0.635. The molecule has 0 bridgehead atoms. The molecular formula is C18H17N3OS. The molecule has 1 amide bonds. The zero-order valence-corrected chi connectivity index (χ0v) is 13.4. The van der Waals surface area contributed by atoms with Crippen molar-refractivity contribution >= 4 is 23.3 Å². The highest BCUT2D eigenvalue weighted by Gasteiger charge is 2.11. The van der Waals surface area contributed by atoms with Gasteiger partial charge in [-0.1, -0.05) is 24.3 Å². The molecule has 0 saturated heterocycles. The molecule has 2 heterocycles. The van der Waals surface area contributed by atoms with Gasteiger partial charge in [0.15, 0.2) is 0 Å². The van der Waals surface area contributed by atoms with Crippen molar-refractivity contribution in [3.05, 3.63) is 78.8 Å². The molecule has 3 rings (SSSR count). The van der Waals surface area contributed by atoms with Crippen LogP contribution in [-0.2, 0) is 5.75 Å². The first kappa shape index (κ1) is 15.4. The molecule has 1 aromatic carbocycles. The van der Waals surface area contributed by atoms with Gasteiger partial charge in [-0.05, 0) is 24.3 Å². The molecule has 0 fully saturated rings. The summed E-state index contributed by atoms with van der Waals surface area (Å²) in [7, 11) is 0. The fourth-order valence-electron chi connectivity index (χ4n) is 2.25. The van der Waals surface area contributed by atoms with E-state index in [0.717, 1.165) is 16.2 Å². The van der Waals surface area contributed by atoms with Gasteiger partial charge in [-0.2, -0.15) is 0 Å². The number of imidazole rings is 1. The second kappa shape index (κ2) is 7.15. The first-order chi connectivity index (χ1) is 11.3. The van der Waals surface area contributed by atoms with Gasteiger partial charge in [-0.25, -0.2) is 4.98 Å². The lowest BCUT2D eigenvalue weighted by molar-refractivity contribution is 0.0955. The van der Waals surface area contributed by atoms with Crippen LogP contribution < -0.4 is 5.32 Å². The maximum atomic E-state index is 12.2. The van der Waals surface area contributed by atoms with Gasteiger partial charge in [-0.3, -0.25) is 4.79 Å². The van der Waals surface area contributed by atoms with Crippen molar-refractivity contribution in [1.82, 2.24) is 14.7 Å². The van der Waals surface area contributed by atoms with Crippen LogP contribution in [0.5, 0.6) is 0 Å². The number of thioether (sulfide) groups is 1. The molecule has 23 heavy (non-hydrogen) atoms. The van der Waals surface area contributed by atoms with E-state index in [1.807, 2.05) is 59.3 Å². The number of benzene rings is 1. The minimum atomic E-state index is -0.0806. The lowest BCUT2D eigenvalue weighted by atomic mass is 10.2. The van der Waals surface area contributed by atoms with Gasteiger partial charge in [0.05, 0.1) is 11.3 Å². The largest absolute Gasteiger partial charge is 0.349 e. The highest BCUT2D eigenvalue weighted by molar-refractivity contribution is 7.98. The molecule has 0 unspecified atom stereocenters. The average molecular weight is 323 g/mol. The zero-order valence-electron chi connectivity index (χ0n) is 12.6. The number of fused-ring (bicyclic) bond motifs is 1. The summed E-state index contributed by atoms with van der Waals surface area (Å²) in [4.78, 5) is 17.7. The van der Waals surface area contributed by atoms with Crippen molar-refractivity contribution in [2.24, 2.45) is 0 Å². The number of pyridine rings is 1. The number of aromatic nitrogens is 2. The van der Waals surface area contributed by atoms with Crippen LogP contribution in [0.2, 0.25) is 0 Å². The van der Waals surface area contributed by atoms with Gasteiger partial charge >= 0.3 is 0 Å². The Morgan fingerprint density at radius 1 is 1.26 bits per heavy atom. The molecule has 0 spiro atoms. The van der Waals surface area contributed by atoms with Crippen molar-refractivity contribution < 1.29 is 4.79 Å². The van der Waals surface area contributed by atoms with Gasteiger partial charge in [0.25, 0.3) is 5.91 Å². The molecule has 0 aliphatic rings. The van der Waals surface area contributed by atoms with E-state index in [-0.39, 0.29) is 5.91 Å². The molecule has 5 heteroatoms. The van der Waals surface area contributed by atoms with Crippen molar-refractivity contribution in [2.45, 2.75) is 10.6 Å². The summed E-state index contributed by atoms with van der Waals surface area (Å²) < 4.78 is 2.00. The van der Waals surface area contributed by atoms with Crippen LogP contribution >= 0.6 is 11.8 Å². The Labute approximate surface area is 139 Å². The van der Waals surface area contributed by atoms with Crippen LogP contribution in [0.4, 0.5) is 0 Å². The standard InChI is InChI=1S/C18H17N3OS/c1-2-10-19-18(22)15-7-3-4-8-16(15)23-13-14-12-21-11-6-5-9-17(21)20-14/h2-9,11-12H,1,10,13H2,(H,19,22). The van der Waals surface area contributed by atoms with E-state index in [1.54, 1.807) is 17.8 Å². The average Bonchev–Trinajstić information content (AvgIpc) is 3.01. The van der Waals surface area contributed by atoms with Crippen LogP contribution in [0.25, 0.3) is 5.65 Å². The minimum absolute atomic E-state index is 0.0806. The van der Waals surface area contributed by atoms with E-state index in [2.05, 4.69) is 16.9 Å². The van der Waals surface area contributed by atoms with Crippen LogP contribution in [-0.4, -0.2) is 21.8 Å². The van der Waals surface area contributed by atoms with Crippen molar-refractivity contribution in [2.75, 3.05) is 6.54 Å². The molecule has 116 valence electrons. The number of rotatable bonds is 6. The monoisotopic (exact) mass is 323 g/mol. The number of hydrogen-bond donors (Lipinski definition) is 1. The van der Waals surface area contributed by atoms with E-state index in [0.29, 0.717) is 17.9 Å². The second-order valence-corrected chi connectivity index (χ2v) is 6.00. The van der Waals surface area contributed by atoms with E-state index < -0.39 is 0 Å². The quantitative estimate of drug-likeness (QED) is 0.557. The summed E-state index contributed by atoms with van der Waals surface area (Å²) in [6.45, 7) is 4.08. The van der Waals surface area contributed by atoms with E-state index >= 15 is 0 Å². The molecular weight excluding hydrogens is 306 g/mol. The minimum Gasteiger partial charge on any atom is -0.349 e. The summed E-state index contributed by atoms with van der Waals surface area (Å²) in [5, 5.41) is 2.82. The highest BCUT2D eigenvalue weighted by atomic mass is 32.2. The summed E-state index contributed by atoms with van der Waals surface area (Å²) in [6, 6.07) is 13.5. The Balaban J connectivity index is 1.75. The zero-order chi connectivity index (χ0) is 16.1. The fraction of sp³-hybridized carbons (Fsp3) is 0.111. The Morgan fingerprint density at radius 2 is 2.09 bits per heavy atom. The molecule has 0 atom stereocenters. The molecule has 3 aromatic rings. The summed E-state index contributed by atoms with van der Waals surface area (Å²) in [6.07, 6.45) is 5.67. The number of amides is 1. The first-order valence-corrected chi connectivity index (χ1v) is 8.30. The van der Waals surface area contributed by atoms with Crippen LogP contribution in [0, 0.1) is 0 Å². The molecule has 2 aromatic heterocycles. The Hall–Kier alpha value is -2.53. The Morgan fingerprint density at radius 3 is 2.91 bits per heavy atom. The van der Waals surface area contributed by atoms with Crippen molar-refractivity contribution in [3.8, 4) is 0 Å². The van der Waals surface area contributed by atoms with Gasteiger partial charge in [-0.15, -0.1) is 18.3 Å². The van der Waals surface area contributed by atoms with E-state index in [4.69, 9.17) is 0 Å². The predicted octanol–water partition coefficient (Wildman–Crippen LogP) is 3.54. The molecule has 1 N–H and O–H groups in total. The number of nitrogens with one attached hydrogen (secondary N) is 1. The predicted molar refractivity (Wildman–Crippen MR) is 93.7 cm³/mol. The Kier molecular flexibility index (Phi) is 4.78. The van der Waals surface area contributed by atoms with E-state index in [1.165, 1.54) is 0 Å². The van der Waals surface area contributed by atoms with Crippen LogP contribution in [0.15, 0.2) is 72.4 Å². The topological polar surface area (TPSA) is 46.4 Å². The number of carbonyl (C=O) groups excluding carboxylic acids is 1. The third-order valence-electron chi connectivity index (χ3n) is 3.33. The molecule has 0 aliphatic heterocycles. The third kappa shape index (κ3) is 3.63. The van der Waals surface area contributed by atoms with Crippen LogP contribution in [0.1, 0.15) is 16.1 Å². The maximum absolute atomic E-state index is 12.2. The smallest absolute Gasteiger partial charge is 0.252 e. The number of nitrogens with zero attached hydrogens (tertiary/aromatic N) is 2. The Bertz CT molecular complexity index is 808. The molecule has 0 radical (unpaired) electrons. The van der Waals surface area contributed by atoms with Crippen molar-refractivity contribution in [3.63, 3.8) is 0 Å². The summed E-state index contributed by atoms with van der Waals surface area (Å²) in [5.41, 5.74) is 2.60. The molecule has 0 saturated carbocycles. The van der Waals surface area contributed by atoms with Gasteiger partial charge in [0, 0.05) is 29.6 Å². The number of hydrogen-bond acceptors (Lipinski definition) is 3. The lowest BCUT2D eigenvalue weighted by Gasteiger charge is -2.08. The third-order valence-corrected chi connectivity index (χ3v) is 4.44. The summed E-state index contributed by atoms with van der Waals surface area (Å²) >= 11 is 1.61. The van der Waals surface area contributed by atoms with E-state index in [9.17, 15) is 4.79 Å². The van der Waals surface area contributed by atoms with Gasteiger partial charge < -0.3 is 9.72 Å². The normalized spacial score (nSPS) is 10.6. The first-order valence-electron chi connectivity index (χ1n) is 7.31.